The first-order valence-corrected chi connectivity index (χ1v) is 9.19. The van der Waals surface area contributed by atoms with Crippen LogP contribution in [0.25, 0.3) is 0 Å². The summed E-state index contributed by atoms with van der Waals surface area (Å²) in [6.07, 6.45) is 10.3. The van der Waals surface area contributed by atoms with E-state index in [0.717, 1.165) is 12.3 Å². The first-order chi connectivity index (χ1) is 11.1. The Morgan fingerprint density at radius 1 is 0.783 bits per heavy atom. The molecule has 0 N–H and O–H groups in total. The number of alkyl halides is 2. The summed E-state index contributed by atoms with van der Waals surface area (Å²) in [6.45, 7) is 4.00. The molecule has 0 radical (unpaired) electrons. The Balaban J connectivity index is 0.000000381. The van der Waals surface area contributed by atoms with E-state index >= 15 is 0 Å². The molecule has 2 fully saturated rings. The number of nitriles is 2. The van der Waals surface area contributed by atoms with E-state index in [1.807, 2.05) is 19.9 Å². The Morgan fingerprint density at radius 3 is 1.57 bits per heavy atom. The van der Waals surface area contributed by atoms with E-state index in [9.17, 15) is 8.78 Å². The van der Waals surface area contributed by atoms with Gasteiger partial charge in [0, 0.05) is 25.7 Å². The highest BCUT2D eigenvalue weighted by Gasteiger charge is 2.34. The van der Waals surface area contributed by atoms with Crippen LogP contribution >= 0.6 is 0 Å². The van der Waals surface area contributed by atoms with Crippen LogP contribution in [0, 0.1) is 34.5 Å². The summed E-state index contributed by atoms with van der Waals surface area (Å²) in [5.74, 6) is -1.50. The van der Waals surface area contributed by atoms with Crippen LogP contribution in [0.5, 0.6) is 0 Å². The first-order valence-electron chi connectivity index (χ1n) is 9.19. The highest BCUT2D eigenvalue weighted by Crippen LogP contribution is 2.37. The second-order valence-electron chi connectivity index (χ2n) is 6.38. The van der Waals surface area contributed by atoms with Gasteiger partial charge in [-0.2, -0.15) is 10.5 Å². The summed E-state index contributed by atoms with van der Waals surface area (Å²) in [6, 6.07) is 4.29. The summed E-state index contributed by atoms with van der Waals surface area (Å²) in [7, 11) is 0. The van der Waals surface area contributed by atoms with Gasteiger partial charge in [-0.3, -0.25) is 0 Å². The number of halogens is 2. The maximum atomic E-state index is 12.5. The second-order valence-corrected chi connectivity index (χ2v) is 6.38. The van der Waals surface area contributed by atoms with Crippen molar-refractivity contribution in [2.24, 2.45) is 11.8 Å². The highest BCUT2D eigenvalue weighted by molar-refractivity contribution is 4.83. The molecule has 0 atom stereocenters. The van der Waals surface area contributed by atoms with E-state index in [1.165, 1.54) is 38.5 Å². The zero-order valence-electron chi connectivity index (χ0n) is 14.8. The SMILES string of the molecule is CC.N#CCC1CCC(F)(F)CC1.N#CCC1CCCCCC1. The van der Waals surface area contributed by atoms with Gasteiger partial charge in [0.25, 0.3) is 0 Å². The monoisotopic (exact) mass is 326 g/mol. The van der Waals surface area contributed by atoms with Crippen molar-refractivity contribution in [1.82, 2.24) is 0 Å². The maximum Gasteiger partial charge on any atom is 0.248 e. The van der Waals surface area contributed by atoms with E-state index in [1.54, 1.807) is 0 Å². The van der Waals surface area contributed by atoms with Gasteiger partial charge in [-0.1, -0.05) is 39.5 Å². The molecule has 0 aromatic carbocycles. The van der Waals surface area contributed by atoms with Crippen molar-refractivity contribution in [3.63, 3.8) is 0 Å². The predicted octanol–water partition coefficient (Wildman–Crippen LogP) is 6.62. The molecular weight excluding hydrogens is 294 g/mol. The molecule has 2 saturated carbocycles. The minimum absolute atomic E-state index is 0.0284. The van der Waals surface area contributed by atoms with Crippen molar-refractivity contribution in [2.75, 3.05) is 0 Å². The lowest BCUT2D eigenvalue weighted by molar-refractivity contribution is -0.0452. The molecule has 2 aliphatic carbocycles. The van der Waals surface area contributed by atoms with Gasteiger partial charge in [-0.25, -0.2) is 8.78 Å². The smallest absolute Gasteiger partial charge is 0.207 e. The van der Waals surface area contributed by atoms with Crippen LogP contribution < -0.4 is 0 Å². The molecule has 0 amide bonds. The van der Waals surface area contributed by atoms with Crippen LogP contribution in [-0.4, -0.2) is 5.92 Å². The van der Waals surface area contributed by atoms with Crippen molar-refractivity contribution >= 4 is 0 Å². The van der Waals surface area contributed by atoms with E-state index in [-0.39, 0.29) is 18.8 Å². The molecule has 2 nitrogen and oxygen atoms in total. The fourth-order valence-corrected chi connectivity index (χ4v) is 3.13. The molecule has 23 heavy (non-hydrogen) atoms. The van der Waals surface area contributed by atoms with Gasteiger partial charge in [0.15, 0.2) is 0 Å². The fraction of sp³-hybridized carbons (Fsp3) is 0.895. The Hall–Kier alpha value is -1.16. The van der Waals surface area contributed by atoms with Gasteiger partial charge in [0.05, 0.1) is 12.1 Å². The number of hydrogen-bond donors (Lipinski definition) is 0. The average molecular weight is 326 g/mol. The Bertz CT molecular complexity index is 351. The van der Waals surface area contributed by atoms with Gasteiger partial charge in [-0.05, 0) is 37.5 Å². The normalized spacial score (nSPS) is 21.3. The van der Waals surface area contributed by atoms with Gasteiger partial charge in [-0.15, -0.1) is 0 Å². The largest absolute Gasteiger partial charge is 0.248 e. The summed E-state index contributed by atoms with van der Waals surface area (Å²) >= 11 is 0. The third kappa shape index (κ3) is 11.1. The van der Waals surface area contributed by atoms with Gasteiger partial charge >= 0.3 is 0 Å². The van der Waals surface area contributed by atoms with Crippen LogP contribution in [0.2, 0.25) is 0 Å². The minimum Gasteiger partial charge on any atom is -0.207 e. The summed E-state index contributed by atoms with van der Waals surface area (Å²) in [5.41, 5.74) is 0. The Morgan fingerprint density at radius 2 is 1.17 bits per heavy atom. The van der Waals surface area contributed by atoms with Crippen LogP contribution in [0.1, 0.15) is 90.9 Å². The fourth-order valence-electron chi connectivity index (χ4n) is 3.13. The van der Waals surface area contributed by atoms with E-state index < -0.39 is 5.92 Å². The molecule has 0 heterocycles. The summed E-state index contributed by atoms with van der Waals surface area (Å²) < 4.78 is 25.1. The molecule has 0 unspecified atom stereocenters. The molecule has 0 saturated heterocycles. The molecule has 4 heteroatoms. The number of rotatable bonds is 2. The average Bonchev–Trinajstić information content (AvgIpc) is 2.81. The third-order valence-corrected chi connectivity index (χ3v) is 4.57. The predicted molar refractivity (Wildman–Crippen MR) is 89.9 cm³/mol. The summed E-state index contributed by atoms with van der Waals surface area (Å²) in [5, 5.41) is 16.8. The van der Waals surface area contributed by atoms with E-state index in [2.05, 4.69) is 6.07 Å². The Kier molecular flexibility index (Phi) is 12.6. The van der Waals surface area contributed by atoms with Gasteiger partial charge < -0.3 is 0 Å². The lowest BCUT2D eigenvalue weighted by Gasteiger charge is -2.26. The summed E-state index contributed by atoms with van der Waals surface area (Å²) in [4.78, 5) is 0. The van der Waals surface area contributed by atoms with Crippen molar-refractivity contribution in [2.45, 2.75) is 96.8 Å². The lowest BCUT2D eigenvalue weighted by Crippen LogP contribution is -2.24. The number of nitrogens with zero attached hydrogens (tertiary/aromatic N) is 2. The quantitative estimate of drug-likeness (QED) is 0.535. The molecule has 0 spiro atoms. The molecule has 2 rings (SSSR count). The lowest BCUT2D eigenvalue weighted by atomic mass is 9.85. The molecular formula is C19H32F2N2. The van der Waals surface area contributed by atoms with Crippen LogP contribution in [0.4, 0.5) is 8.78 Å². The Labute approximate surface area is 140 Å². The second kappa shape index (κ2) is 13.3. The van der Waals surface area contributed by atoms with Crippen LogP contribution in [-0.2, 0) is 0 Å². The number of hydrogen-bond acceptors (Lipinski definition) is 2. The van der Waals surface area contributed by atoms with Crippen molar-refractivity contribution < 1.29 is 8.78 Å². The molecule has 0 aliphatic heterocycles. The van der Waals surface area contributed by atoms with Crippen molar-refractivity contribution in [3.8, 4) is 12.1 Å². The van der Waals surface area contributed by atoms with Gasteiger partial charge in [0.2, 0.25) is 5.92 Å². The molecule has 132 valence electrons. The molecule has 0 aromatic rings. The molecule has 0 aromatic heterocycles. The molecule has 2 aliphatic rings. The zero-order chi connectivity index (χ0) is 17.6. The van der Waals surface area contributed by atoms with Crippen LogP contribution in [0.3, 0.4) is 0 Å². The third-order valence-electron chi connectivity index (χ3n) is 4.57. The molecule has 0 bridgehead atoms. The standard InChI is InChI=1S/C9H15N.C8H11F2N.C2H6/c10-8-7-9-5-3-1-2-4-6-9;9-8(10)4-1-7(2-5-8)3-6-11;1-2/h9H,1-7H2;7H,1-5H2;1-2H3. The van der Waals surface area contributed by atoms with E-state index in [4.69, 9.17) is 10.5 Å². The van der Waals surface area contributed by atoms with Crippen molar-refractivity contribution in [1.29, 1.82) is 10.5 Å². The minimum atomic E-state index is -2.45. The van der Waals surface area contributed by atoms with Crippen LogP contribution in [0.15, 0.2) is 0 Å². The van der Waals surface area contributed by atoms with Crippen molar-refractivity contribution in [3.05, 3.63) is 0 Å². The highest BCUT2D eigenvalue weighted by atomic mass is 19.3. The van der Waals surface area contributed by atoms with Gasteiger partial charge in [0.1, 0.15) is 0 Å². The topological polar surface area (TPSA) is 47.6 Å². The zero-order valence-corrected chi connectivity index (χ0v) is 14.8. The maximum absolute atomic E-state index is 12.5. The first kappa shape index (κ1) is 21.8. The van der Waals surface area contributed by atoms with E-state index in [0.29, 0.717) is 19.3 Å².